The van der Waals surface area contributed by atoms with Gasteiger partial charge in [-0.05, 0) is 31.0 Å². The fraction of sp³-hybridized carbons (Fsp3) is 0.304. The number of nitrogens with one attached hydrogen (secondary N) is 2. The summed E-state index contributed by atoms with van der Waals surface area (Å²) in [5.74, 6) is 1.66. The van der Waals surface area contributed by atoms with E-state index >= 15 is 0 Å². The molecule has 2 atom stereocenters. The van der Waals surface area contributed by atoms with E-state index in [1.54, 1.807) is 11.8 Å². The second-order valence-electron chi connectivity index (χ2n) is 7.33. The van der Waals surface area contributed by atoms with Gasteiger partial charge in [0.25, 0.3) is 5.19 Å². The number of ether oxygens (including phenoxy) is 2. The number of aromatic nitrogens is 4. The van der Waals surface area contributed by atoms with Gasteiger partial charge in [-0.15, -0.1) is 40.6 Å². The van der Waals surface area contributed by atoms with E-state index < -0.39 is 0 Å². The highest BCUT2D eigenvalue weighted by Gasteiger charge is 2.22. The predicted molar refractivity (Wildman–Crippen MR) is 153 cm³/mol. The molecule has 2 aromatic heterocycles. The van der Waals surface area contributed by atoms with E-state index in [2.05, 4.69) is 63.2 Å². The Morgan fingerprint density at radius 2 is 1.75 bits per heavy atom. The maximum Gasteiger partial charge on any atom is 0.295 e. The first-order chi connectivity index (χ1) is 17.6. The number of para-hydroxylation sites is 1. The molecule has 2 N–H and O–H groups in total. The summed E-state index contributed by atoms with van der Waals surface area (Å²) >= 11 is 13.7. The molecular weight excluding hydrogens is 553 g/mol. The van der Waals surface area contributed by atoms with Crippen molar-refractivity contribution in [2.75, 3.05) is 24.8 Å². The van der Waals surface area contributed by atoms with E-state index in [-0.39, 0.29) is 18.2 Å². The van der Waals surface area contributed by atoms with Gasteiger partial charge in [0.1, 0.15) is 15.8 Å². The number of nitrogens with zero attached hydrogens (tertiary/aromatic N) is 4. The smallest absolute Gasteiger partial charge is 0.295 e. The summed E-state index contributed by atoms with van der Waals surface area (Å²) in [6.07, 6.45) is 0.319. The van der Waals surface area contributed by atoms with Gasteiger partial charge in [-0.1, -0.05) is 65.0 Å². The quantitative estimate of drug-likeness (QED) is 0.117. The van der Waals surface area contributed by atoms with Crippen molar-refractivity contribution in [3.63, 3.8) is 0 Å². The molecule has 0 fully saturated rings. The zero-order valence-corrected chi connectivity index (χ0v) is 23.9. The van der Waals surface area contributed by atoms with Crippen molar-refractivity contribution in [1.29, 1.82) is 0 Å². The molecule has 190 valence electrons. The van der Waals surface area contributed by atoms with Crippen LogP contribution in [0.1, 0.15) is 34.0 Å². The molecule has 0 bridgehead atoms. The Hall–Kier alpha value is -2.03. The highest BCUT2D eigenvalue weighted by molar-refractivity contribution is 7.99. The minimum Gasteiger partial charge on any atom is -0.472 e. The fourth-order valence-corrected chi connectivity index (χ4v) is 6.52. The van der Waals surface area contributed by atoms with Gasteiger partial charge in [0, 0.05) is 21.8 Å². The van der Waals surface area contributed by atoms with Gasteiger partial charge in [0.05, 0.1) is 5.25 Å². The van der Waals surface area contributed by atoms with Crippen molar-refractivity contribution < 1.29 is 9.47 Å². The third-order valence-corrected chi connectivity index (χ3v) is 8.79. The lowest BCUT2D eigenvalue weighted by atomic mass is 10.2. The van der Waals surface area contributed by atoms with Crippen molar-refractivity contribution in [3.05, 3.63) is 64.1 Å². The lowest BCUT2D eigenvalue weighted by molar-refractivity contribution is 0.172. The summed E-state index contributed by atoms with van der Waals surface area (Å²) < 4.78 is 11.8. The number of rotatable bonds is 13. The lowest BCUT2D eigenvalue weighted by Crippen LogP contribution is -2.22. The number of benzene rings is 2. The Bertz CT molecular complexity index is 1250. The maximum absolute atomic E-state index is 6.08. The Morgan fingerprint density at radius 1 is 0.972 bits per heavy atom. The molecule has 0 spiro atoms. The highest BCUT2D eigenvalue weighted by atomic mass is 32.2. The molecule has 0 saturated carbocycles. The number of hydrogen-bond donors (Lipinski definition) is 4. The van der Waals surface area contributed by atoms with Crippen LogP contribution in [0.15, 0.2) is 58.3 Å². The topological polar surface area (TPSA) is 94.1 Å². The summed E-state index contributed by atoms with van der Waals surface area (Å²) in [5, 5.41) is 26.8. The standard InChI is InChI=1S/C23H26N6O2S5/c1-3-34-18(21-27-28-22(36-21)25-13-30-15-9-5-7-11-17(15)33)12-19-26-29-23(35-19)31-20(24-2)14-8-4-6-10-16(14)32/h4-11,18,20,24,32-33H,3,12-13H2,1-2H3,(H,25,28). The Kier molecular flexibility index (Phi) is 10.1. The Balaban J connectivity index is 1.36. The summed E-state index contributed by atoms with van der Waals surface area (Å²) in [4.78, 5) is 1.63. The molecule has 0 saturated heterocycles. The van der Waals surface area contributed by atoms with Gasteiger partial charge < -0.3 is 14.8 Å². The minimum atomic E-state index is -0.367. The molecule has 0 radical (unpaired) electrons. The fourth-order valence-electron chi connectivity index (χ4n) is 3.22. The van der Waals surface area contributed by atoms with E-state index in [1.807, 2.05) is 55.6 Å². The number of thioether (sulfide) groups is 1. The molecule has 0 aliphatic carbocycles. The molecule has 13 heteroatoms. The van der Waals surface area contributed by atoms with Crippen molar-refractivity contribution in [1.82, 2.24) is 25.7 Å². The maximum atomic E-state index is 6.08. The molecule has 0 aliphatic rings. The normalized spacial score (nSPS) is 12.8. The Morgan fingerprint density at radius 3 is 2.50 bits per heavy atom. The molecule has 0 aliphatic heterocycles. The lowest BCUT2D eigenvalue weighted by Gasteiger charge is -2.17. The summed E-state index contributed by atoms with van der Waals surface area (Å²) in [6.45, 7) is 2.40. The average molecular weight is 579 g/mol. The summed E-state index contributed by atoms with van der Waals surface area (Å²) in [5.41, 5.74) is 0.940. The molecule has 2 aromatic carbocycles. The van der Waals surface area contributed by atoms with Crippen LogP contribution >= 0.6 is 59.7 Å². The van der Waals surface area contributed by atoms with Gasteiger partial charge in [-0.25, -0.2) is 0 Å². The molecule has 4 aromatic rings. The van der Waals surface area contributed by atoms with Crippen LogP contribution in [0.2, 0.25) is 0 Å². The van der Waals surface area contributed by atoms with Crippen LogP contribution in [0.25, 0.3) is 0 Å². The zero-order valence-electron chi connectivity index (χ0n) is 19.6. The third-order valence-electron chi connectivity index (χ3n) is 4.91. The molecule has 36 heavy (non-hydrogen) atoms. The van der Waals surface area contributed by atoms with Crippen molar-refractivity contribution >= 4 is 64.8 Å². The first kappa shape index (κ1) is 27.0. The second kappa shape index (κ2) is 13.5. The zero-order chi connectivity index (χ0) is 25.3. The van der Waals surface area contributed by atoms with E-state index in [1.165, 1.54) is 22.7 Å². The van der Waals surface area contributed by atoms with Gasteiger partial charge >= 0.3 is 0 Å². The molecule has 2 heterocycles. The molecule has 8 nitrogen and oxygen atoms in total. The first-order valence-electron chi connectivity index (χ1n) is 11.1. The highest BCUT2D eigenvalue weighted by Crippen LogP contribution is 2.37. The van der Waals surface area contributed by atoms with Crippen molar-refractivity contribution in [2.24, 2.45) is 0 Å². The van der Waals surface area contributed by atoms with Gasteiger partial charge in [-0.2, -0.15) is 11.8 Å². The van der Waals surface area contributed by atoms with Gasteiger partial charge in [-0.3, -0.25) is 5.32 Å². The van der Waals surface area contributed by atoms with E-state index in [9.17, 15) is 0 Å². The number of anilines is 1. The number of hydrogen-bond acceptors (Lipinski definition) is 13. The molecule has 2 unspecified atom stereocenters. The monoisotopic (exact) mass is 578 g/mol. The second-order valence-corrected chi connectivity index (χ2v) is 11.8. The minimum absolute atomic E-state index is 0.112. The van der Waals surface area contributed by atoms with Crippen LogP contribution in [0.4, 0.5) is 5.13 Å². The van der Waals surface area contributed by atoms with Crippen LogP contribution in [-0.4, -0.2) is 39.9 Å². The van der Waals surface area contributed by atoms with Crippen LogP contribution in [-0.2, 0) is 6.42 Å². The third kappa shape index (κ3) is 7.26. The number of thiol groups is 2. The largest absolute Gasteiger partial charge is 0.472 e. The van der Waals surface area contributed by atoms with Gasteiger partial charge in [0.2, 0.25) is 5.13 Å². The van der Waals surface area contributed by atoms with E-state index in [4.69, 9.17) is 9.47 Å². The average Bonchev–Trinajstić information content (AvgIpc) is 3.53. The van der Waals surface area contributed by atoms with E-state index in [0.29, 0.717) is 22.5 Å². The van der Waals surface area contributed by atoms with Crippen molar-refractivity contribution in [2.45, 2.75) is 34.6 Å². The van der Waals surface area contributed by atoms with Crippen LogP contribution in [0, 0.1) is 0 Å². The molecule has 0 amide bonds. The predicted octanol–water partition coefficient (Wildman–Crippen LogP) is 5.75. The molecule has 4 rings (SSSR count). The summed E-state index contributed by atoms with van der Waals surface area (Å²) in [6, 6.07) is 15.4. The van der Waals surface area contributed by atoms with Crippen LogP contribution in [0.5, 0.6) is 10.9 Å². The Labute approximate surface area is 233 Å². The summed E-state index contributed by atoms with van der Waals surface area (Å²) in [7, 11) is 1.84. The van der Waals surface area contributed by atoms with Crippen LogP contribution in [0.3, 0.4) is 0 Å². The molecular formula is C23H26N6O2S5. The van der Waals surface area contributed by atoms with Crippen molar-refractivity contribution in [3.8, 4) is 10.9 Å². The van der Waals surface area contributed by atoms with E-state index in [0.717, 1.165) is 31.1 Å². The SMILES string of the molecule is CCSC(Cc1nnc(OC(NC)c2ccccc2S)s1)c1nnc(NCOc2ccccc2S)s1. The van der Waals surface area contributed by atoms with Gasteiger partial charge in [0.15, 0.2) is 13.0 Å². The van der Waals surface area contributed by atoms with Crippen LogP contribution < -0.4 is 20.1 Å². The first-order valence-corrected chi connectivity index (χ1v) is 14.7.